The molecule has 2 rings (SSSR count). The quantitative estimate of drug-likeness (QED) is 0.846. The van der Waals surface area contributed by atoms with E-state index in [2.05, 4.69) is 0 Å². The molecule has 0 heterocycles. The van der Waals surface area contributed by atoms with Crippen molar-refractivity contribution in [3.05, 3.63) is 35.1 Å². The monoisotopic (exact) mass is 252 g/mol. The first-order valence-electron chi connectivity index (χ1n) is 6.11. The zero-order valence-electron chi connectivity index (χ0n) is 10.4. The fraction of sp³-hybridized carbons (Fsp3) is 0.500. The van der Waals surface area contributed by atoms with Gasteiger partial charge in [0.25, 0.3) is 0 Å². The molecule has 4 heteroatoms. The van der Waals surface area contributed by atoms with Crippen molar-refractivity contribution in [2.24, 2.45) is 5.92 Å². The zero-order chi connectivity index (χ0) is 13.1. The van der Waals surface area contributed by atoms with Crippen molar-refractivity contribution < 1.29 is 19.0 Å². The van der Waals surface area contributed by atoms with Gasteiger partial charge in [-0.1, -0.05) is 12.1 Å². The average Bonchev–Trinajstić information content (AvgIpc) is 3.13. The topological polar surface area (TPSA) is 46.5 Å². The largest absolute Gasteiger partial charge is 0.481 e. The van der Waals surface area contributed by atoms with E-state index in [0.29, 0.717) is 11.5 Å². The van der Waals surface area contributed by atoms with Crippen LogP contribution in [0.3, 0.4) is 0 Å². The standard InChI is InChI=1S/C14H17FO3/c1-18-8-11-6-10(4-5-13(11)15)12(7-14(16)17)9-2-3-9/h4-6,9,12H,2-3,7-8H2,1H3,(H,16,17). The highest BCUT2D eigenvalue weighted by Gasteiger charge is 2.33. The zero-order valence-corrected chi connectivity index (χ0v) is 10.4. The van der Waals surface area contributed by atoms with Gasteiger partial charge in [-0.3, -0.25) is 4.79 Å². The molecule has 1 saturated carbocycles. The van der Waals surface area contributed by atoms with Gasteiger partial charge in [-0.25, -0.2) is 4.39 Å². The highest BCUT2D eigenvalue weighted by Crippen LogP contribution is 2.44. The minimum atomic E-state index is -0.801. The summed E-state index contributed by atoms with van der Waals surface area (Å²) in [5, 5.41) is 8.95. The van der Waals surface area contributed by atoms with Crippen molar-refractivity contribution in [1.29, 1.82) is 0 Å². The summed E-state index contributed by atoms with van der Waals surface area (Å²) in [4.78, 5) is 10.9. The number of ether oxygens (including phenoxy) is 1. The first-order valence-corrected chi connectivity index (χ1v) is 6.11. The van der Waals surface area contributed by atoms with Crippen molar-refractivity contribution in [2.45, 2.75) is 31.8 Å². The molecule has 1 aliphatic carbocycles. The minimum absolute atomic E-state index is 0.00120. The Hall–Kier alpha value is -1.42. The molecule has 0 bridgehead atoms. The van der Waals surface area contributed by atoms with Crippen LogP contribution in [-0.4, -0.2) is 18.2 Å². The SMILES string of the molecule is COCc1cc(C(CC(=O)O)C2CC2)ccc1F. The van der Waals surface area contributed by atoms with Crippen molar-refractivity contribution in [1.82, 2.24) is 0 Å². The van der Waals surface area contributed by atoms with E-state index in [1.807, 2.05) is 0 Å². The second-order valence-electron chi connectivity index (χ2n) is 4.83. The molecular formula is C14H17FO3. The third kappa shape index (κ3) is 3.07. The lowest BCUT2D eigenvalue weighted by atomic mass is 9.90. The van der Waals surface area contributed by atoms with Gasteiger partial charge in [-0.2, -0.15) is 0 Å². The van der Waals surface area contributed by atoms with Crippen LogP contribution >= 0.6 is 0 Å². The highest BCUT2D eigenvalue weighted by molar-refractivity contribution is 5.68. The Balaban J connectivity index is 2.23. The van der Waals surface area contributed by atoms with E-state index < -0.39 is 5.97 Å². The molecule has 18 heavy (non-hydrogen) atoms. The summed E-state index contributed by atoms with van der Waals surface area (Å²) in [5.74, 6) is -0.671. The number of benzene rings is 1. The van der Waals surface area contributed by atoms with Crippen LogP contribution in [-0.2, 0) is 16.1 Å². The summed E-state index contributed by atoms with van der Waals surface area (Å²) in [5.41, 5.74) is 1.40. The summed E-state index contributed by atoms with van der Waals surface area (Å²) >= 11 is 0. The summed E-state index contributed by atoms with van der Waals surface area (Å²) in [6, 6.07) is 4.84. The van der Waals surface area contributed by atoms with E-state index in [4.69, 9.17) is 9.84 Å². The van der Waals surface area contributed by atoms with Gasteiger partial charge in [0.1, 0.15) is 5.82 Å². The Morgan fingerprint density at radius 3 is 2.83 bits per heavy atom. The molecule has 3 nitrogen and oxygen atoms in total. The summed E-state index contributed by atoms with van der Waals surface area (Å²) in [6.45, 7) is 0.212. The van der Waals surface area contributed by atoms with Crippen LogP contribution in [0.2, 0.25) is 0 Å². The Morgan fingerprint density at radius 1 is 1.56 bits per heavy atom. The van der Waals surface area contributed by atoms with Crippen molar-refractivity contribution in [3.8, 4) is 0 Å². The number of methoxy groups -OCH3 is 1. The molecule has 1 unspecified atom stereocenters. The Labute approximate surface area is 106 Å². The fourth-order valence-electron chi connectivity index (χ4n) is 2.33. The molecule has 1 N–H and O–H groups in total. The van der Waals surface area contributed by atoms with Gasteiger partial charge in [0.05, 0.1) is 13.0 Å². The number of hydrogen-bond acceptors (Lipinski definition) is 2. The first-order chi connectivity index (χ1) is 8.61. The number of carboxylic acid groups (broad SMARTS) is 1. The predicted molar refractivity (Wildman–Crippen MR) is 64.8 cm³/mol. The fourth-order valence-corrected chi connectivity index (χ4v) is 2.33. The predicted octanol–water partition coefficient (Wildman–Crippen LogP) is 2.94. The highest BCUT2D eigenvalue weighted by atomic mass is 19.1. The van der Waals surface area contributed by atoms with E-state index in [1.54, 1.807) is 12.1 Å². The molecule has 0 saturated heterocycles. The van der Waals surface area contributed by atoms with Gasteiger partial charge in [-0.05, 0) is 36.3 Å². The lowest BCUT2D eigenvalue weighted by Gasteiger charge is -2.16. The molecule has 1 aromatic rings. The third-order valence-corrected chi connectivity index (χ3v) is 3.38. The van der Waals surface area contributed by atoms with E-state index in [0.717, 1.165) is 18.4 Å². The van der Waals surface area contributed by atoms with Gasteiger partial charge in [0.2, 0.25) is 0 Å². The number of carbonyl (C=O) groups is 1. The van der Waals surface area contributed by atoms with Crippen molar-refractivity contribution >= 4 is 5.97 Å². The third-order valence-electron chi connectivity index (χ3n) is 3.38. The summed E-state index contributed by atoms with van der Waals surface area (Å²) < 4.78 is 18.4. The van der Waals surface area contributed by atoms with E-state index >= 15 is 0 Å². The van der Waals surface area contributed by atoms with Crippen LogP contribution in [0.15, 0.2) is 18.2 Å². The van der Waals surface area contributed by atoms with E-state index in [9.17, 15) is 9.18 Å². The second-order valence-corrected chi connectivity index (χ2v) is 4.83. The number of carboxylic acids is 1. The Morgan fingerprint density at radius 2 is 2.28 bits per heavy atom. The normalized spacial score (nSPS) is 16.6. The summed E-state index contributed by atoms with van der Waals surface area (Å²) in [7, 11) is 1.52. The Bertz CT molecular complexity index is 441. The average molecular weight is 252 g/mol. The maximum Gasteiger partial charge on any atom is 0.303 e. The molecule has 0 aromatic heterocycles. The molecule has 1 atom stereocenters. The molecule has 1 aromatic carbocycles. The molecule has 0 amide bonds. The lowest BCUT2D eigenvalue weighted by molar-refractivity contribution is -0.137. The van der Waals surface area contributed by atoms with Gasteiger partial charge >= 0.3 is 5.97 Å². The number of aliphatic carboxylic acids is 1. The van der Waals surface area contributed by atoms with Crippen molar-refractivity contribution in [2.75, 3.05) is 7.11 Å². The first kappa shape index (κ1) is 13.0. The smallest absolute Gasteiger partial charge is 0.303 e. The second kappa shape index (κ2) is 5.48. The Kier molecular flexibility index (Phi) is 3.97. The van der Waals surface area contributed by atoms with Crippen LogP contribution in [0.25, 0.3) is 0 Å². The van der Waals surface area contributed by atoms with Gasteiger partial charge in [0, 0.05) is 12.7 Å². The summed E-state index contributed by atoms with van der Waals surface area (Å²) in [6.07, 6.45) is 2.24. The van der Waals surface area contributed by atoms with Crippen LogP contribution in [0.1, 0.15) is 36.3 Å². The van der Waals surface area contributed by atoms with Crippen LogP contribution in [0.4, 0.5) is 4.39 Å². The van der Waals surface area contributed by atoms with Gasteiger partial charge in [0.15, 0.2) is 0 Å². The molecular weight excluding hydrogens is 235 g/mol. The van der Waals surface area contributed by atoms with Crippen LogP contribution in [0.5, 0.6) is 0 Å². The molecule has 1 fully saturated rings. The molecule has 98 valence electrons. The van der Waals surface area contributed by atoms with E-state index in [-0.39, 0.29) is 24.8 Å². The van der Waals surface area contributed by atoms with Gasteiger partial charge < -0.3 is 9.84 Å². The number of halogens is 1. The number of rotatable bonds is 6. The molecule has 1 aliphatic rings. The van der Waals surface area contributed by atoms with E-state index in [1.165, 1.54) is 13.2 Å². The van der Waals surface area contributed by atoms with Crippen LogP contribution in [0, 0.1) is 11.7 Å². The minimum Gasteiger partial charge on any atom is -0.481 e. The maximum absolute atomic E-state index is 13.5. The maximum atomic E-state index is 13.5. The van der Waals surface area contributed by atoms with Crippen LogP contribution < -0.4 is 0 Å². The molecule has 0 spiro atoms. The van der Waals surface area contributed by atoms with Gasteiger partial charge in [-0.15, -0.1) is 0 Å². The molecule has 0 radical (unpaired) electrons. The van der Waals surface area contributed by atoms with Crippen molar-refractivity contribution in [3.63, 3.8) is 0 Å². The number of hydrogen-bond donors (Lipinski definition) is 1. The molecule has 0 aliphatic heterocycles. The lowest BCUT2D eigenvalue weighted by Crippen LogP contribution is -2.09.